The number of fused-ring (bicyclic) bond motifs is 1. The van der Waals surface area contributed by atoms with Gasteiger partial charge >= 0.3 is 5.97 Å². The van der Waals surface area contributed by atoms with Crippen LogP contribution in [0.3, 0.4) is 0 Å². The molecule has 2 aromatic rings. The number of amides is 2. The molecule has 2 aliphatic rings. The van der Waals surface area contributed by atoms with Crippen molar-refractivity contribution in [3.05, 3.63) is 33.4 Å². The number of nitrogens with zero attached hydrogens (tertiary/aromatic N) is 5. The van der Waals surface area contributed by atoms with Crippen LogP contribution < -0.4 is 22.5 Å². The molecule has 1 fully saturated rings. The number of thiazole rings is 1. The Balaban J connectivity index is 1.49. The number of rotatable bonds is 8. The summed E-state index contributed by atoms with van der Waals surface area (Å²) in [6, 6.07) is -0.951. The predicted octanol–water partition coefficient (Wildman–Crippen LogP) is -0.340. The molecule has 2 aliphatic heterocycles. The van der Waals surface area contributed by atoms with E-state index >= 15 is 0 Å². The number of β-lactam (4-membered cyclic amide) rings is 1. The molecule has 17 heteroatoms. The van der Waals surface area contributed by atoms with Gasteiger partial charge in [-0.15, -0.1) is 34.9 Å². The largest absolute Gasteiger partial charge is 0.477 e. The fourth-order valence-corrected chi connectivity index (χ4v) is 6.47. The van der Waals surface area contributed by atoms with E-state index in [0.29, 0.717) is 22.0 Å². The maximum Gasteiger partial charge on any atom is 0.353 e. The predicted molar refractivity (Wildman–Crippen MR) is 132 cm³/mol. The molecule has 2 unspecified atom stereocenters. The zero-order valence-electron chi connectivity index (χ0n) is 18.0. The molecule has 0 radical (unpaired) electrons. The van der Waals surface area contributed by atoms with Gasteiger partial charge in [0.05, 0.1) is 0 Å². The minimum atomic E-state index is -1.25. The summed E-state index contributed by atoms with van der Waals surface area (Å²) in [5, 5.41) is 17.3. The summed E-state index contributed by atoms with van der Waals surface area (Å²) < 4.78 is 0. The lowest BCUT2D eigenvalue weighted by Crippen LogP contribution is -2.71. The number of carboxylic acids is 1. The quantitative estimate of drug-likeness (QED) is 0.165. The zero-order chi connectivity index (χ0) is 25.3. The summed E-state index contributed by atoms with van der Waals surface area (Å²) in [5.74, 6) is -1.68. The Kier molecular flexibility index (Phi) is 6.99. The number of hydrogen-bond donors (Lipinski definition) is 5. The third-order valence-electron chi connectivity index (χ3n) is 4.90. The van der Waals surface area contributed by atoms with Gasteiger partial charge in [-0.2, -0.15) is 4.98 Å². The number of carbonyl (C=O) groups excluding carboxylic acids is 2. The second-order valence-electron chi connectivity index (χ2n) is 7.06. The number of carboxylic acid groups (broad SMARTS) is 1. The van der Waals surface area contributed by atoms with Crippen LogP contribution in [-0.4, -0.2) is 72.7 Å². The van der Waals surface area contributed by atoms with E-state index in [2.05, 4.69) is 25.4 Å². The van der Waals surface area contributed by atoms with Gasteiger partial charge in [-0.25, -0.2) is 14.8 Å². The number of nitrogen functional groups attached to an aromatic ring is 3. The minimum Gasteiger partial charge on any atom is -0.477 e. The molecule has 2 aromatic heterocycles. The highest BCUT2D eigenvalue weighted by molar-refractivity contribution is 8.05. The number of aliphatic carboxylic acids is 1. The van der Waals surface area contributed by atoms with Gasteiger partial charge in [0.1, 0.15) is 35.7 Å². The average molecular weight is 538 g/mol. The first kappa shape index (κ1) is 24.6. The van der Waals surface area contributed by atoms with Crippen LogP contribution in [0.2, 0.25) is 0 Å². The Morgan fingerprint density at radius 1 is 1.37 bits per heavy atom. The van der Waals surface area contributed by atoms with Crippen molar-refractivity contribution in [1.29, 1.82) is 0 Å². The van der Waals surface area contributed by atoms with Crippen molar-refractivity contribution in [2.24, 2.45) is 5.16 Å². The third kappa shape index (κ3) is 4.82. The molecular formula is C18H19N9O5S3. The number of anilines is 3. The van der Waals surface area contributed by atoms with Gasteiger partial charge in [0.25, 0.3) is 11.8 Å². The van der Waals surface area contributed by atoms with Crippen molar-refractivity contribution in [3.63, 3.8) is 0 Å². The van der Waals surface area contributed by atoms with Gasteiger partial charge in [-0.3, -0.25) is 14.5 Å². The molecule has 4 rings (SSSR count). The molecular weight excluding hydrogens is 518 g/mol. The number of carbonyl (C=O) groups is 3. The fraction of sp³-hybridized carbons (Fsp3) is 0.278. The summed E-state index contributed by atoms with van der Waals surface area (Å²) in [7, 11) is 1.27. The number of thioether (sulfide) groups is 2. The van der Waals surface area contributed by atoms with E-state index in [0.717, 1.165) is 11.3 Å². The first-order chi connectivity index (χ1) is 16.7. The molecule has 4 heterocycles. The summed E-state index contributed by atoms with van der Waals surface area (Å²) >= 11 is 3.66. The molecule has 0 bridgehead atoms. The Hall–Kier alpha value is -3.57. The SMILES string of the molecule is CON=C(C(=O)NC1C(=O)N2C(C(=O)O)=C(SCc3cnc(N)nc3N)CSC12)c1csc(N)n1. The molecule has 8 N–H and O–H groups in total. The van der Waals surface area contributed by atoms with Crippen molar-refractivity contribution in [3.8, 4) is 0 Å². The van der Waals surface area contributed by atoms with Crippen molar-refractivity contribution in [1.82, 2.24) is 25.2 Å². The summed E-state index contributed by atoms with van der Waals surface area (Å²) in [6.07, 6.45) is 1.47. The molecule has 2 atom stereocenters. The van der Waals surface area contributed by atoms with E-state index in [1.165, 1.54) is 47.1 Å². The van der Waals surface area contributed by atoms with Crippen LogP contribution in [0.5, 0.6) is 0 Å². The molecule has 35 heavy (non-hydrogen) atoms. The van der Waals surface area contributed by atoms with E-state index in [-0.39, 0.29) is 34.0 Å². The van der Waals surface area contributed by atoms with Crippen molar-refractivity contribution < 1.29 is 24.3 Å². The molecule has 0 aliphatic carbocycles. The Labute approximate surface area is 210 Å². The number of nitrogens with two attached hydrogens (primary N) is 3. The maximum atomic E-state index is 12.9. The maximum absolute atomic E-state index is 12.9. The van der Waals surface area contributed by atoms with Crippen LogP contribution in [0.1, 0.15) is 11.3 Å². The lowest BCUT2D eigenvalue weighted by molar-refractivity contribution is -0.150. The molecule has 0 saturated carbocycles. The van der Waals surface area contributed by atoms with Gasteiger partial charge in [0.15, 0.2) is 10.8 Å². The van der Waals surface area contributed by atoms with E-state index < -0.39 is 29.2 Å². The first-order valence-corrected chi connectivity index (χ1v) is 12.7. The van der Waals surface area contributed by atoms with Gasteiger partial charge in [-0.1, -0.05) is 5.16 Å². The Morgan fingerprint density at radius 2 is 2.14 bits per heavy atom. The van der Waals surface area contributed by atoms with Crippen LogP contribution in [0.25, 0.3) is 0 Å². The van der Waals surface area contributed by atoms with Gasteiger partial charge in [0, 0.05) is 33.6 Å². The molecule has 1 saturated heterocycles. The highest BCUT2D eigenvalue weighted by Gasteiger charge is 2.54. The molecule has 0 aromatic carbocycles. The fourth-order valence-electron chi connectivity index (χ4n) is 3.31. The van der Waals surface area contributed by atoms with E-state index in [4.69, 9.17) is 22.0 Å². The van der Waals surface area contributed by atoms with E-state index in [1.807, 2.05) is 0 Å². The van der Waals surface area contributed by atoms with Crippen LogP contribution in [0.15, 0.2) is 27.3 Å². The zero-order valence-corrected chi connectivity index (χ0v) is 20.4. The van der Waals surface area contributed by atoms with Gasteiger partial charge in [-0.05, 0) is 0 Å². The number of oxime groups is 1. The molecule has 2 amide bonds. The topological polar surface area (TPSA) is 225 Å². The van der Waals surface area contributed by atoms with Gasteiger partial charge in [0.2, 0.25) is 5.95 Å². The Morgan fingerprint density at radius 3 is 2.77 bits per heavy atom. The van der Waals surface area contributed by atoms with Crippen LogP contribution in [-0.2, 0) is 25.0 Å². The average Bonchev–Trinajstić information content (AvgIpc) is 3.25. The highest BCUT2D eigenvalue weighted by atomic mass is 32.2. The molecule has 0 spiro atoms. The lowest BCUT2D eigenvalue weighted by atomic mass is 10.0. The van der Waals surface area contributed by atoms with E-state index in [1.54, 1.807) is 0 Å². The highest BCUT2D eigenvalue weighted by Crippen LogP contribution is 2.44. The van der Waals surface area contributed by atoms with E-state index in [9.17, 15) is 19.5 Å². The minimum absolute atomic E-state index is 0.0361. The smallest absolute Gasteiger partial charge is 0.353 e. The standard InChI is InChI=1S/C18H19N9O5S3/c1-32-26-9(7-4-35-18(21)23-7)13(28)24-10-14(29)27-11(16(30)31)8(5-34-15(10)27)33-3-6-2-22-17(20)25-12(6)19/h2,4,10,15H,3,5H2,1H3,(H2,21,23)(H,24,28)(H,30,31)(H4,19,20,22,25). The number of hydrogen-bond acceptors (Lipinski definition) is 14. The summed E-state index contributed by atoms with van der Waals surface area (Å²) in [5.41, 5.74) is 17.5. The lowest BCUT2D eigenvalue weighted by Gasteiger charge is -2.49. The van der Waals surface area contributed by atoms with Crippen LogP contribution >= 0.6 is 34.9 Å². The van der Waals surface area contributed by atoms with Crippen molar-refractivity contribution in [2.75, 3.05) is 30.1 Å². The van der Waals surface area contributed by atoms with Crippen LogP contribution in [0, 0.1) is 0 Å². The molecule has 184 valence electrons. The normalized spacial score (nSPS) is 19.7. The molecule has 14 nitrogen and oxygen atoms in total. The monoisotopic (exact) mass is 537 g/mol. The summed E-state index contributed by atoms with van der Waals surface area (Å²) in [4.78, 5) is 56.0. The second kappa shape index (κ2) is 9.96. The van der Waals surface area contributed by atoms with Crippen molar-refractivity contribution in [2.45, 2.75) is 17.2 Å². The summed E-state index contributed by atoms with van der Waals surface area (Å²) in [6.45, 7) is 0. The number of aromatic nitrogens is 3. The van der Waals surface area contributed by atoms with Gasteiger partial charge < -0.3 is 32.5 Å². The third-order valence-corrected chi connectivity index (χ3v) is 8.18. The first-order valence-electron chi connectivity index (χ1n) is 9.75. The van der Waals surface area contributed by atoms with Crippen LogP contribution in [0.4, 0.5) is 16.9 Å². The van der Waals surface area contributed by atoms with Crippen molar-refractivity contribution >= 4 is 75.3 Å². The second-order valence-corrected chi connectivity index (χ2v) is 10.1. The Bertz CT molecular complexity index is 1260. The number of nitrogens with one attached hydrogen (secondary N) is 1.